The molecule has 3 rings (SSSR count). The predicted molar refractivity (Wildman–Crippen MR) is 94.5 cm³/mol. The monoisotopic (exact) mass is 331 g/mol. The zero-order chi connectivity index (χ0) is 17.5. The summed E-state index contributed by atoms with van der Waals surface area (Å²) in [4.78, 5) is 13.9. The van der Waals surface area contributed by atoms with Gasteiger partial charge in [0, 0.05) is 18.8 Å². The standard InChI is InChI=1S/C18H26BNO4/c1-17(2)18(3,4)24-19(23-17)14-6-8-15(9-7-14)20-11-10-13(12-20)16(21)22-5/h6-9,13H,10-12H2,1-5H3/t13-/m0/s1. The molecule has 0 aliphatic carbocycles. The predicted octanol–water partition coefficient (Wildman–Crippen LogP) is 1.99. The fourth-order valence-electron chi connectivity index (χ4n) is 3.18. The van der Waals surface area contributed by atoms with E-state index >= 15 is 0 Å². The van der Waals surface area contributed by atoms with Gasteiger partial charge in [0.15, 0.2) is 0 Å². The van der Waals surface area contributed by atoms with Crippen LogP contribution < -0.4 is 10.4 Å². The molecule has 5 nitrogen and oxygen atoms in total. The summed E-state index contributed by atoms with van der Waals surface area (Å²) in [5, 5.41) is 0. The molecule has 130 valence electrons. The maximum absolute atomic E-state index is 11.7. The summed E-state index contributed by atoms with van der Waals surface area (Å²) in [6.07, 6.45) is 0.839. The van der Waals surface area contributed by atoms with Crippen molar-refractivity contribution in [1.82, 2.24) is 0 Å². The molecule has 24 heavy (non-hydrogen) atoms. The van der Waals surface area contributed by atoms with Gasteiger partial charge in [0.2, 0.25) is 0 Å². The number of rotatable bonds is 3. The number of methoxy groups -OCH3 is 1. The molecule has 0 unspecified atom stereocenters. The molecular formula is C18H26BNO4. The summed E-state index contributed by atoms with van der Waals surface area (Å²) in [6, 6.07) is 8.23. The topological polar surface area (TPSA) is 48.0 Å². The lowest BCUT2D eigenvalue weighted by Crippen LogP contribution is -2.41. The van der Waals surface area contributed by atoms with Crippen LogP contribution in [0.5, 0.6) is 0 Å². The molecule has 6 heteroatoms. The van der Waals surface area contributed by atoms with E-state index in [0.29, 0.717) is 6.54 Å². The molecule has 2 saturated heterocycles. The summed E-state index contributed by atoms with van der Waals surface area (Å²) in [5.41, 5.74) is 1.46. The first kappa shape index (κ1) is 17.3. The summed E-state index contributed by atoms with van der Waals surface area (Å²) in [5.74, 6) is -0.149. The zero-order valence-electron chi connectivity index (χ0n) is 15.2. The second kappa shape index (κ2) is 6.08. The number of hydrogen-bond acceptors (Lipinski definition) is 5. The van der Waals surface area contributed by atoms with Crippen LogP contribution in [0.4, 0.5) is 5.69 Å². The maximum atomic E-state index is 11.7. The Balaban J connectivity index is 1.68. The second-order valence-corrected chi connectivity index (χ2v) is 7.63. The fourth-order valence-corrected chi connectivity index (χ4v) is 3.18. The van der Waals surface area contributed by atoms with E-state index in [0.717, 1.165) is 24.1 Å². The van der Waals surface area contributed by atoms with Crippen molar-refractivity contribution in [2.24, 2.45) is 5.92 Å². The molecular weight excluding hydrogens is 305 g/mol. The average molecular weight is 331 g/mol. The van der Waals surface area contributed by atoms with Crippen LogP contribution in [0.15, 0.2) is 24.3 Å². The van der Waals surface area contributed by atoms with Crippen molar-refractivity contribution >= 4 is 24.2 Å². The molecule has 0 saturated carbocycles. The van der Waals surface area contributed by atoms with E-state index in [1.165, 1.54) is 7.11 Å². The van der Waals surface area contributed by atoms with E-state index in [1.54, 1.807) is 0 Å². The molecule has 0 spiro atoms. The maximum Gasteiger partial charge on any atom is 0.494 e. The van der Waals surface area contributed by atoms with Gasteiger partial charge in [-0.05, 0) is 51.7 Å². The van der Waals surface area contributed by atoms with E-state index in [1.807, 2.05) is 12.1 Å². The molecule has 0 N–H and O–H groups in total. The van der Waals surface area contributed by atoms with Crippen LogP contribution in [0, 0.1) is 5.92 Å². The van der Waals surface area contributed by atoms with Gasteiger partial charge < -0.3 is 18.9 Å². The van der Waals surface area contributed by atoms with Gasteiger partial charge in [-0.2, -0.15) is 0 Å². The molecule has 2 aliphatic rings. The molecule has 0 bridgehead atoms. The highest BCUT2D eigenvalue weighted by Gasteiger charge is 2.51. The molecule has 2 aliphatic heterocycles. The lowest BCUT2D eigenvalue weighted by Gasteiger charge is -2.32. The third-order valence-corrected chi connectivity index (χ3v) is 5.51. The molecule has 1 aromatic rings. The smallest absolute Gasteiger partial charge is 0.469 e. The van der Waals surface area contributed by atoms with Crippen LogP contribution in [0.3, 0.4) is 0 Å². The van der Waals surface area contributed by atoms with Gasteiger partial charge in [0.05, 0.1) is 24.2 Å². The minimum absolute atomic E-state index is 0.0298. The van der Waals surface area contributed by atoms with Crippen molar-refractivity contribution < 1.29 is 18.8 Å². The van der Waals surface area contributed by atoms with Gasteiger partial charge in [0.1, 0.15) is 0 Å². The van der Waals surface area contributed by atoms with E-state index < -0.39 is 0 Å². The number of esters is 1. The molecule has 0 aromatic heterocycles. The zero-order valence-corrected chi connectivity index (χ0v) is 15.2. The highest BCUT2D eigenvalue weighted by molar-refractivity contribution is 6.62. The Morgan fingerprint density at radius 3 is 2.29 bits per heavy atom. The van der Waals surface area contributed by atoms with Gasteiger partial charge in [-0.25, -0.2) is 0 Å². The van der Waals surface area contributed by atoms with Crippen molar-refractivity contribution in [3.05, 3.63) is 24.3 Å². The van der Waals surface area contributed by atoms with Crippen LogP contribution in [-0.4, -0.2) is 44.5 Å². The Bertz CT molecular complexity index is 598. The first-order valence-electron chi connectivity index (χ1n) is 8.52. The average Bonchev–Trinajstić information content (AvgIpc) is 3.10. The lowest BCUT2D eigenvalue weighted by molar-refractivity contribution is -0.144. The third-order valence-electron chi connectivity index (χ3n) is 5.51. The number of carbonyl (C=O) groups is 1. The summed E-state index contributed by atoms with van der Waals surface area (Å²) in [7, 11) is 1.11. The van der Waals surface area contributed by atoms with Crippen molar-refractivity contribution in [3.63, 3.8) is 0 Å². The van der Waals surface area contributed by atoms with Gasteiger partial charge in [-0.1, -0.05) is 12.1 Å². The SMILES string of the molecule is COC(=O)[C@H]1CCN(c2ccc(B3OC(C)(C)C(C)(C)O3)cc2)C1. The Morgan fingerprint density at radius 1 is 1.17 bits per heavy atom. The minimum Gasteiger partial charge on any atom is -0.469 e. The van der Waals surface area contributed by atoms with Crippen LogP contribution in [0.25, 0.3) is 0 Å². The Labute approximate surface area is 144 Å². The van der Waals surface area contributed by atoms with Crippen molar-refractivity contribution in [3.8, 4) is 0 Å². The normalized spacial score (nSPS) is 25.1. The van der Waals surface area contributed by atoms with Crippen LogP contribution in [0.2, 0.25) is 0 Å². The summed E-state index contributed by atoms with van der Waals surface area (Å²) >= 11 is 0. The van der Waals surface area contributed by atoms with Gasteiger partial charge in [0.25, 0.3) is 0 Å². The number of ether oxygens (including phenoxy) is 1. The van der Waals surface area contributed by atoms with Crippen molar-refractivity contribution in [2.45, 2.75) is 45.3 Å². The van der Waals surface area contributed by atoms with E-state index in [9.17, 15) is 4.79 Å². The quantitative estimate of drug-likeness (QED) is 0.626. The van der Waals surface area contributed by atoms with E-state index in [4.69, 9.17) is 14.0 Å². The van der Waals surface area contributed by atoms with Crippen molar-refractivity contribution in [1.29, 1.82) is 0 Å². The molecule has 0 radical (unpaired) electrons. The Morgan fingerprint density at radius 2 is 1.75 bits per heavy atom. The van der Waals surface area contributed by atoms with E-state index in [-0.39, 0.29) is 30.2 Å². The minimum atomic E-state index is -0.342. The second-order valence-electron chi connectivity index (χ2n) is 7.63. The Hall–Kier alpha value is -1.53. The summed E-state index contributed by atoms with van der Waals surface area (Å²) in [6.45, 7) is 9.80. The summed E-state index contributed by atoms with van der Waals surface area (Å²) < 4.78 is 17.0. The first-order chi connectivity index (χ1) is 11.2. The highest BCUT2D eigenvalue weighted by atomic mass is 16.7. The van der Waals surface area contributed by atoms with Crippen molar-refractivity contribution in [2.75, 3.05) is 25.1 Å². The van der Waals surface area contributed by atoms with Crippen LogP contribution >= 0.6 is 0 Å². The number of hydrogen-bond donors (Lipinski definition) is 0. The third kappa shape index (κ3) is 3.05. The van der Waals surface area contributed by atoms with E-state index in [2.05, 4.69) is 44.7 Å². The lowest BCUT2D eigenvalue weighted by atomic mass is 9.79. The number of nitrogens with zero attached hydrogens (tertiary/aromatic N) is 1. The van der Waals surface area contributed by atoms with Gasteiger partial charge >= 0.3 is 13.1 Å². The largest absolute Gasteiger partial charge is 0.494 e. The molecule has 1 atom stereocenters. The van der Waals surface area contributed by atoms with Gasteiger partial charge in [-0.3, -0.25) is 4.79 Å². The molecule has 1 aromatic carbocycles. The Kier molecular flexibility index (Phi) is 4.38. The molecule has 2 fully saturated rings. The molecule has 2 heterocycles. The number of anilines is 1. The molecule has 0 amide bonds. The van der Waals surface area contributed by atoms with Gasteiger partial charge in [-0.15, -0.1) is 0 Å². The first-order valence-corrected chi connectivity index (χ1v) is 8.52. The number of carbonyl (C=O) groups excluding carboxylic acids is 1. The van der Waals surface area contributed by atoms with Crippen LogP contribution in [0.1, 0.15) is 34.1 Å². The number of benzene rings is 1. The van der Waals surface area contributed by atoms with Crippen LogP contribution in [-0.2, 0) is 18.8 Å². The highest BCUT2D eigenvalue weighted by Crippen LogP contribution is 2.36. The fraction of sp³-hybridized carbons (Fsp3) is 0.611.